The molecule has 0 spiro atoms. The smallest absolute Gasteiger partial charge is 0.254 e. The zero-order chi connectivity index (χ0) is 22.3. The van der Waals surface area contributed by atoms with Gasteiger partial charge in [0.2, 0.25) is 5.91 Å². The highest BCUT2D eigenvalue weighted by molar-refractivity contribution is 5.94. The van der Waals surface area contributed by atoms with Crippen molar-refractivity contribution in [3.05, 3.63) is 71.5 Å². The standard InChI is InChI=1S/C26H32FN3O2/c27-23-13-6-12-22(18-23)26(32)30-15-7-14-29(16-17-30)19-24(31)28-25(21-10-4-5-11-21)20-8-2-1-3-9-20/h1-3,6,8-9,12-13,18,21,25H,4-5,7,10-11,14-17,19H2,(H,28,31). The molecule has 1 saturated carbocycles. The second-order valence-corrected chi connectivity index (χ2v) is 8.93. The van der Waals surface area contributed by atoms with Gasteiger partial charge in [-0.05, 0) is 48.9 Å². The van der Waals surface area contributed by atoms with Crippen molar-refractivity contribution in [1.82, 2.24) is 15.1 Å². The minimum absolute atomic E-state index is 0.0376. The molecule has 1 aliphatic heterocycles. The van der Waals surface area contributed by atoms with Gasteiger partial charge in [0, 0.05) is 31.7 Å². The van der Waals surface area contributed by atoms with E-state index >= 15 is 0 Å². The molecule has 0 aromatic heterocycles. The summed E-state index contributed by atoms with van der Waals surface area (Å²) in [6.45, 7) is 2.88. The third-order valence-corrected chi connectivity index (χ3v) is 6.66. The van der Waals surface area contributed by atoms with Gasteiger partial charge in [-0.25, -0.2) is 4.39 Å². The van der Waals surface area contributed by atoms with Crippen molar-refractivity contribution < 1.29 is 14.0 Å². The monoisotopic (exact) mass is 437 g/mol. The number of amides is 2. The van der Waals surface area contributed by atoms with Gasteiger partial charge in [0.15, 0.2) is 0 Å². The highest BCUT2D eigenvalue weighted by Gasteiger charge is 2.28. The Morgan fingerprint density at radius 1 is 0.938 bits per heavy atom. The van der Waals surface area contributed by atoms with E-state index in [4.69, 9.17) is 0 Å². The fraction of sp³-hybridized carbons (Fsp3) is 0.462. The van der Waals surface area contributed by atoms with Crippen LogP contribution in [0.1, 0.15) is 54.1 Å². The van der Waals surface area contributed by atoms with E-state index in [2.05, 4.69) is 22.3 Å². The summed E-state index contributed by atoms with van der Waals surface area (Å²) in [5.74, 6) is -0.0269. The van der Waals surface area contributed by atoms with E-state index in [0.29, 0.717) is 37.7 Å². The van der Waals surface area contributed by atoms with Crippen molar-refractivity contribution in [2.45, 2.75) is 38.1 Å². The Hall–Kier alpha value is -2.73. The van der Waals surface area contributed by atoms with Gasteiger partial charge >= 0.3 is 0 Å². The average molecular weight is 438 g/mol. The van der Waals surface area contributed by atoms with E-state index in [1.165, 1.54) is 30.5 Å². The number of carbonyl (C=O) groups excluding carboxylic acids is 2. The van der Waals surface area contributed by atoms with Crippen LogP contribution >= 0.6 is 0 Å². The molecular formula is C26H32FN3O2. The Morgan fingerprint density at radius 3 is 2.47 bits per heavy atom. The van der Waals surface area contributed by atoms with E-state index in [9.17, 15) is 14.0 Å². The molecule has 2 aromatic carbocycles. The topological polar surface area (TPSA) is 52.7 Å². The number of nitrogens with zero attached hydrogens (tertiary/aromatic N) is 2. The number of nitrogens with one attached hydrogen (secondary N) is 1. The Bertz CT molecular complexity index is 914. The Morgan fingerprint density at radius 2 is 1.72 bits per heavy atom. The lowest BCUT2D eigenvalue weighted by atomic mass is 9.91. The summed E-state index contributed by atoms with van der Waals surface area (Å²) >= 11 is 0. The first kappa shape index (κ1) is 22.5. The highest BCUT2D eigenvalue weighted by atomic mass is 19.1. The van der Waals surface area contributed by atoms with Crippen LogP contribution in [-0.2, 0) is 4.79 Å². The van der Waals surface area contributed by atoms with Crippen LogP contribution in [-0.4, -0.2) is 54.3 Å². The number of hydrogen-bond donors (Lipinski definition) is 1. The maximum atomic E-state index is 13.5. The van der Waals surface area contributed by atoms with E-state index in [1.54, 1.807) is 17.0 Å². The number of rotatable bonds is 6. The molecule has 2 aliphatic rings. The van der Waals surface area contributed by atoms with Gasteiger partial charge in [0.05, 0.1) is 12.6 Å². The maximum Gasteiger partial charge on any atom is 0.254 e. The minimum Gasteiger partial charge on any atom is -0.348 e. The normalized spacial score (nSPS) is 18.8. The predicted octanol–water partition coefficient (Wildman–Crippen LogP) is 4.02. The summed E-state index contributed by atoms with van der Waals surface area (Å²) in [4.78, 5) is 29.6. The van der Waals surface area contributed by atoms with Gasteiger partial charge in [-0.1, -0.05) is 49.2 Å². The van der Waals surface area contributed by atoms with E-state index in [1.807, 2.05) is 18.2 Å². The van der Waals surface area contributed by atoms with Crippen LogP contribution in [0.5, 0.6) is 0 Å². The van der Waals surface area contributed by atoms with Crippen molar-refractivity contribution in [2.24, 2.45) is 5.92 Å². The summed E-state index contributed by atoms with van der Waals surface area (Å²) in [6.07, 6.45) is 5.55. The van der Waals surface area contributed by atoms with Crippen LogP contribution in [0.2, 0.25) is 0 Å². The van der Waals surface area contributed by atoms with E-state index in [0.717, 1.165) is 25.8 Å². The summed E-state index contributed by atoms with van der Waals surface area (Å²) in [6, 6.07) is 16.2. The van der Waals surface area contributed by atoms with Crippen LogP contribution in [0.25, 0.3) is 0 Å². The van der Waals surface area contributed by atoms with Gasteiger partial charge in [-0.2, -0.15) is 0 Å². The quantitative estimate of drug-likeness (QED) is 0.743. The average Bonchev–Trinajstić information content (AvgIpc) is 3.24. The van der Waals surface area contributed by atoms with Crippen molar-refractivity contribution >= 4 is 11.8 Å². The molecule has 0 bridgehead atoms. The van der Waals surface area contributed by atoms with Crippen LogP contribution in [0, 0.1) is 11.7 Å². The molecule has 0 radical (unpaired) electrons. The minimum atomic E-state index is -0.404. The van der Waals surface area contributed by atoms with Gasteiger partial charge in [-0.15, -0.1) is 0 Å². The Labute approximate surface area is 189 Å². The lowest BCUT2D eigenvalue weighted by Gasteiger charge is -2.27. The molecule has 1 N–H and O–H groups in total. The first-order chi connectivity index (χ1) is 15.6. The number of hydrogen-bond acceptors (Lipinski definition) is 3. The van der Waals surface area contributed by atoms with Crippen LogP contribution < -0.4 is 5.32 Å². The first-order valence-corrected chi connectivity index (χ1v) is 11.7. The first-order valence-electron chi connectivity index (χ1n) is 11.7. The lowest BCUT2D eigenvalue weighted by molar-refractivity contribution is -0.123. The van der Waals surface area contributed by atoms with Crippen LogP contribution in [0.3, 0.4) is 0 Å². The molecule has 2 fully saturated rings. The van der Waals surface area contributed by atoms with E-state index in [-0.39, 0.29) is 17.9 Å². The Kier molecular flexibility index (Phi) is 7.53. The van der Waals surface area contributed by atoms with Gasteiger partial charge < -0.3 is 10.2 Å². The second kappa shape index (κ2) is 10.7. The van der Waals surface area contributed by atoms with Crippen LogP contribution in [0.15, 0.2) is 54.6 Å². The fourth-order valence-electron chi connectivity index (χ4n) is 4.98. The number of carbonyl (C=O) groups is 2. The van der Waals surface area contributed by atoms with Crippen molar-refractivity contribution in [2.75, 3.05) is 32.7 Å². The van der Waals surface area contributed by atoms with Crippen LogP contribution in [0.4, 0.5) is 4.39 Å². The molecule has 2 amide bonds. The molecule has 170 valence electrons. The zero-order valence-corrected chi connectivity index (χ0v) is 18.5. The molecule has 6 heteroatoms. The molecule has 1 aliphatic carbocycles. The van der Waals surface area contributed by atoms with Gasteiger partial charge in [-0.3, -0.25) is 14.5 Å². The molecule has 32 heavy (non-hydrogen) atoms. The SMILES string of the molecule is O=C(CN1CCCN(C(=O)c2cccc(F)c2)CC1)NC(c1ccccc1)C1CCCC1. The molecule has 2 aromatic rings. The molecule has 1 saturated heterocycles. The molecular weight excluding hydrogens is 405 g/mol. The highest BCUT2D eigenvalue weighted by Crippen LogP contribution is 2.35. The van der Waals surface area contributed by atoms with Gasteiger partial charge in [0.1, 0.15) is 5.82 Å². The molecule has 5 nitrogen and oxygen atoms in total. The predicted molar refractivity (Wildman–Crippen MR) is 123 cm³/mol. The number of benzene rings is 2. The molecule has 1 atom stereocenters. The second-order valence-electron chi connectivity index (χ2n) is 8.93. The molecule has 1 heterocycles. The van der Waals surface area contributed by atoms with Gasteiger partial charge in [0.25, 0.3) is 5.91 Å². The summed E-state index contributed by atoms with van der Waals surface area (Å²) in [5, 5.41) is 3.31. The summed E-state index contributed by atoms with van der Waals surface area (Å²) < 4.78 is 13.5. The zero-order valence-electron chi connectivity index (χ0n) is 18.5. The Balaban J connectivity index is 1.33. The molecule has 1 unspecified atom stereocenters. The van der Waals surface area contributed by atoms with Crippen molar-refractivity contribution in [1.29, 1.82) is 0 Å². The summed E-state index contributed by atoms with van der Waals surface area (Å²) in [7, 11) is 0. The van der Waals surface area contributed by atoms with E-state index < -0.39 is 5.82 Å². The third kappa shape index (κ3) is 5.74. The number of halogens is 1. The van der Waals surface area contributed by atoms with Crippen molar-refractivity contribution in [3.8, 4) is 0 Å². The van der Waals surface area contributed by atoms with Crippen molar-refractivity contribution in [3.63, 3.8) is 0 Å². The third-order valence-electron chi connectivity index (χ3n) is 6.66. The summed E-state index contributed by atoms with van der Waals surface area (Å²) in [5.41, 5.74) is 1.55. The largest absolute Gasteiger partial charge is 0.348 e. The fourth-order valence-corrected chi connectivity index (χ4v) is 4.98. The lowest BCUT2D eigenvalue weighted by Crippen LogP contribution is -2.42. The maximum absolute atomic E-state index is 13.5. The molecule has 4 rings (SSSR count).